The van der Waals surface area contributed by atoms with Crippen molar-refractivity contribution in [2.24, 2.45) is 11.8 Å². The fourth-order valence-corrected chi connectivity index (χ4v) is 7.30. The predicted molar refractivity (Wildman–Crippen MR) is 215 cm³/mol. The van der Waals surface area contributed by atoms with E-state index in [9.17, 15) is 28.8 Å². The molecule has 0 heterocycles. The van der Waals surface area contributed by atoms with Crippen LogP contribution in [-0.4, -0.2) is 108 Å². The smallest absolute Gasteiger partial charge is 0.309 e. The van der Waals surface area contributed by atoms with E-state index >= 15 is 0 Å². The molecular formula is C40H71NO11S2. The highest BCUT2D eigenvalue weighted by atomic mass is 32.2. The number of nitrogens with zero attached hydrogens (tertiary/aromatic N) is 1. The van der Waals surface area contributed by atoms with Crippen LogP contribution < -0.4 is 0 Å². The average molecular weight is 806 g/mol. The van der Waals surface area contributed by atoms with Crippen molar-refractivity contribution in [2.45, 2.75) is 143 Å². The first kappa shape index (κ1) is 51.5. The molecule has 0 aromatic heterocycles. The van der Waals surface area contributed by atoms with Gasteiger partial charge in [0.15, 0.2) is 0 Å². The Bertz CT molecular complexity index is 968. The zero-order valence-electron chi connectivity index (χ0n) is 33.7. The predicted octanol–water partition coefficient (Wildman–Crippen LogP) is 7.87. The lowest BCUT2D eigenvalue weighted by Crippen LogP contribution is -2.35. The molecule has 0 aliphatic rings. The number of aliphatic carboxylic acids is 1. The summed E-state index contributed by atoms with van der Waals surface area (Å²) in [6.45, 7) is 7.66. The lowest BCUT2D eigenvalue weighted by Gasteiger charge is -2.22. The van der Waals surface area contributed by atoms with Gasteiger partial charge in [-0.3, -0.25) is 28.8 Å². The molecule has 0 saturated carbocycles. The summed E-state index contributed by atoms with van der Waals surface area (Å²) in [5.41, 5.74) is 0. The number of unbranched alkanes of at least 4 members (excludes halogenated alkanes) is 11. The molecule has 2 unspecified atom stereocenters. The molecule has 0 aromatic rings. The van der Waals surface area contributed by atoms with Crippen molar-refractivity contribution < 1.29 is 52.8 Å². The molecule has 314 valence electrons. The maximum absolute atomic E-state index is 12.9. The zero-order valence-corrected chi connectivity index (χ0v) is 35.4. The number of carboxylic acid groups (broad SMARTS) is 1. The van der Waals surface area contributed by atoms with Gasteiger partial charge < -0.3 is 29.0 Å². The van der Waals surface area contributed by atoms with Crippen molar-refractivity contribution in [1.82, 2.24) is 4.90 Å². The van der Waals surface area contributed by atoms with Gasteiger partial charge in [-0.25, -0.2) is 0 Å². The van der Waals surface area contributed by atoms with Crippen LogP contribution in [0.3, 0.4) is 0 Å². The molecule has 54 heavy (non-hydrogen) atoms. The van der Waals surface area contributed by atoms with Gasteiger partial charge in [-0.1, -0.05) is 91.9 Å². The first-order chi connectivity index (χ1) is 26.0. The maximum Gasteiger partial charge on any atom is 0.309 e. The molecule has 14 heteroatoms. The number of thioether (sulfide) groups is 2. The molecule has 0 radical (unpaired) electrons. The number of ether oxygens (including phenoxy) is 4. The lowest BCUT2D eigenvalue weighted by atomic mass is 10.1. The second-order valence-electron chi connectivity index (χ2n) is 13.7. The van der Waals surface area contributed by atoms with Gasteiger partial charge >= 0.3 is 29.8 Å². The number of hydrogen-bond acceptors (Lipinski definition) is 12. The van der Waals surface area contributed by atoms with E-state index in [0.29, 0.717) is 24.3 Å². The van der Waals surface area contributed by atoms with Crippen LogP contribution in [0.2, 0.25) is 0 Å². The third-order valence-corrected chi connectivity index (χ3v) is 11.2. The topological polar surface area (TPSA) is 163 Å². The molecule has 0 aliphatic carbocycles. The van der Waals surface area contributed by atoms with E-state index in [1.54, 1.807) is 23.5 Å². The van der Waals surface area contributed by atoms with Gasteiger partial charge in [0.05, 0.1) is 24.7 Å². The first-order valence-electron chi connectivity index (χ1n) is 20.3. The Morgan fingerprint density at radius 1 is 0.519 bits per heavy atom. The van der Waals surface area contributed by atoms with Crippen LogP contribution in [0.15, 0.2) is 0 Å². The van der Waals surface area contributed by atoms with E-state index in [4.69, 9.17) is 24.1 Å². The molecule has 0 fully saturated rings. The summed E-state index contributed by atoms with van der Waals surface area (Å²) < 4.78 is 20.9. The molecule has 1 amide bonds. The minimum absolute atomic E-state index is 0.0110. The number of hydrogen-bond donors (Lipinski definition) is 1. The minimum atomic E-state index is -0.949. The van der Waals surface area contributed by atoms with E-state index in [1.807, 2.05) is 13.8 Å². The second kappa shape index (κ2) is 36.2. The Balaban J connectivity index is 4.45. The molecule has 2 atom stereocenters. The van der Waals surface area contributed by atoms with Gasteiger partial charge in [-0.15, -0.1) is 0 Å². The van der Waals surface area contributed by atoms with Crippen LogP contribution in [0.5, 0.6) is 0 Å². The van der Waals surface area contributed by atoms with Crippen LogP contribution >= 0.6 is 23.5 Å². The van der Waals surface area contributed by atoms with Crippen LogP contribution in [0.1, 0.15) is 143 Å². The Labute approximate surface area is 333 Å². The lowest BCUT2D eigenvalue weighted by molar-refractivity contribution is -0.155. The summed E-state index contributed by atoms with van der Waals surface area (Å²) in [6.07, 6.45) is 15.2. The Morgan fingerprint density at radius 3 is 1.33 bits per heavy atom. The molecule has 0 bridgehead atoms. The molecule has 0 aromatic carbocycles. The van der Waals surface area contributed by atoms with Crippen LogP contribution in [0, 0.1) is 11.8 Å². The Hall–Kier alpha value is -2.48. The first-order valence-corrected chi connectivity index (χ1v) is 22.6. The third-order valence-electron chi connectivity index (χ3n) is 8.56. The Morgan fingerprint density at radius 2 is 0.907 bits per heavy atom. The van der Waals surface area contributed by atoms with Crippen molar-refractivity contribution >= 4 is 59.3 Å². The number of carbonyl (C=O) groups excluding carboxylic acids is 5. The van der Waals surface area contributed by atoms with Crippen molar-refractivity contribution in [3.8, 4) is 0 Å². The summed E-state index contributed by atoms with van der Waals surface area (Å²) in [7, 11) is 0. The fraction of sp³-hybridized carbons (Fsp3) is 0.850. The summed E-state index contributed by atoms with van der Waals surface area (Å²) in [5, 5.41) is 8.88. The minimum Gasteiger partial charge on any atom is -0.481 e. The van der Waals surface area contributed by atoms with Crippen molar-refractivity contribution in [3.63, 3.8) is 0 Å². The van der Waals surface area contributed by atoms with Crippen LogP contribution in [0.4, 0.5) is 0 Å². The van der Waals surface area contributed by atoms with Gasteiger partial charge in [0, 0.05) is 37.4 Å². The van der Waals surface area contributed by atoms with Gasteiger partial charge in [-0.2, -0.15) is 23.5 Å². The molecule has 0 aliphatic heterocycles. The van der Waals surface area contributed by atoms with Gasteiger partial charge in [0.2, 0.25) is 5.91 Å². The fourth-order valence-electron chi connectivity index (χ4n) is 5.17. The SMILES string of the molecule is CCCCCCCCSCC(C)C(=O)OCCOC(=O)CCN(CCC(=O)OCCOC(=O)C(C)CSCCCCCCCC)C(=O)CCCCC(=O)O. The third kappa shape index (κ3) is 31.8. The molecule has 0 spiro atoms. The monoisotopic (exact) mass is 805 g/mol. The van der Waals surface area contributed by atoms with Crippen molar-refractivity contribution in [2.75, 3.05) is 62.5 Å². The normalized spacial score (nSPS) is 12.1. The number of rotatable bonds is 37. The van der Waals surface area contributed by atoms with Gasteiger partial charge in [-0.05, 0) is 37.2 Å². The number of carbonyl (C=O) groups is 6. The summed E-state index contributed by atoms with van der Waals surface area (Å²) in [4.78, 5) is 74.5. The van der Waals surface area contributed by atoms with Crippen LogP contribution in [-0.2, 0) is 47.7 Å². The number of amides is 1. The molecule has 1 N–H and O–H groups in total. The molecular weight excluding hydrogens is 735 g/mol. The Kier molecular flexibility index (Phi) is 34.5. The van der Waals surface area contributed by atoms with E-state index < -0.39 is 17.9 Å². The van der Waals surface area contributed by atoms with E-state index in [-0.39, 0.29) is 94.9 Å². The summed E-state index contributed by atoms with van der Waals surface area (Å²) in [6, 6.07) is 0. The van der Waals surface area contributed by atoms with Gasteiger partial charge in [0.25, 0.3) is 0 Å². The standard InChI is InChI=1S/C40H71NO11S2/c1-5-7-9-11-13-17-29-53-31-33(3)39(47)51-27-25-49-37(45)21-23-41(35(42)19-15-16-20-36(43)44)24-22-38(46)50-26-28-52-40(48)34(4)32-54-30-18-14-12-10-8-6-2/h33-34H,5-32H2,1-4H3,(H,43,44). The highest BCUT2D eigenvalue weighted by Crippen LogP contribution is 2.15. The number of carboxylic acids is 1. The quantitative estimate of drug-likeness (QED) is 0.0367. The number of esters is 4. The molecule has 12 nitrogen and oxygen atoms in total. The van der Waals surface area contributed by atoms with E-state index in [0.717, 1.165) is 24.3 Å². The van der Waals surface area contributed by atoms with Gasteiger partial charge in [0.1, 0.15) is 26.4 Å². The molecule has 0 saturated heterocycles. The van der Waals surface area contributed by atoms with Crippen molar-refractivity contribution in [3.05, 3.63) is 0 Å². The second-order valence-corrected chi connectivity index (χ2v) is 16.0. The summed E-state index contributed by atoms with van der Waals surface area (Å²) in [5.74, 6) is -0.277. The van der Waals surface area contributed by atoms with Crippen molar-refractivity contribution in [1.29, 1.82) is 0 Å². The highest BCUT2D eigenvalue weighted by molar-refractivity contribution is 7.99. The van der Waals surface area contributed by atoms with E-state index in [2.05, 4.69) is 13.8 Å². The average Bonchev–Trinajstić information content (AvgIpc) is 3.15. The zero-order chi connectivity index (χ0) is 40.2. The summed E-state index contributed by atoms with van der Waals surface area (Å²) >= 11 is 3.48. The van der Waals surface area contributed by atoms with Crippen LogP contribution in [0.25, 0.3) is 0 Å². The molecule has 0 rings (SSSR count). The highest BCUT2D eigenvalue weighted by Gasteiger charge is 2.19. The largest absolute Gasteiger partial charge is 0.481 e. The van der Waals surface area contributed by atoms with E-state index in [1.165, 1.54) is 69.1 Å². The maximum atomic E-state index is 12.9.